The van der Waals surface area contributed by atoms with Crippen molar-refractivity contribution in [2.75, 3.05) is 6.61 Å². The second kappa shape index (κ2) is 5.88. The Labute approximate surface area is 128 Å². The third kappa shape index (κ3) is 2.81. The Morgan fingerprint density at radius 3 is 2.50 bits per heavy atom. The van der Waals surface area contributed by atoms with Crippen LogP contribution in [0.5, 0.6) is 5.75 Å². The van der Waals surface area contributed by atoms with Gasteiger partial charge in [-0.25, -0.2) is 0 Å². The summed E-state index contributed by atoms with van der Waals surface area (Å²) in [5.41, 5.74) is 0. The van der Waals surface area contributed by atoms with E-state index in [4.69, 9.17) is 4.74 Å². The van der Waals surface area contributed by atoms with E-state index in [-0.39, 0.29) is 52.8 Å². The molecule has 0 aliphatic carbocycles. The molecule has 0 aliphatic heterocycles. The third-order valence-electron chi connectivity index (χ3n) is 2.03. The summed E-state index contributed by atoms with van der Waals surface area (Å²) >= 11 is 0. The van der Waals surface area contributed by atoms with E-state index in [9.17, 15) is 0 Å². The van der Waals surface area contributed by atoms with Crippen molar-refractivity contribution in [3.05, 3.63) is 42.5 Å². The summed E-state index contributed by atoms with van der Waals surface area (Å²) in [6.45, 7) is 2.72. The predicted octanol–water partition coefficient (Wildman–Crippen LogP) is 0.355. The Balaban J connectivity index is 0.000000980. The topological polar surface area (TPSA) is 9.23 Å². The van der Waals surface area contributed by atoms with E-state index in [1.807, 2.05) is 25.1 Å². The van der Waals surface area contributed by atoms with E-state index in [0.29, 0.717) is 0 Å². The first-order valence-electron chi connectivity index (χ1n) is 4.52. The molecule has 2 heteroatoms. The van der Waals surface area contributed by atoms with Gasteiger partial charge in [0.25, 0.3) is 0 Å². The van der Waals surface area contributed by atoms with Crippen molar-refractivity contribution in [3.8, 4) is 5.75 Å². The molecule has 68 valence electrons. The van der Waals surface area contributed by atoms with Gasteiger partial charge in [-0.1, -0.05) is 30.3 Å². The van der Waals surface area contributed by atoms with Gasteiger partial charge in [0.2, 0.25) is 0 Å². The molecule has 2 aromatic rings. The molecule has 0 amide bonds. The van der Waals surface area contributed by atoms with Crippen LogP contribution in [0.15, 0.2) is 42.5 Å². The van der Waals surface area contributed by atoms with Gasteiger partial charge < -0.3 is 6.16 Å². The largest absolute Gasteiger partial charge is 1.00 e. The average Bonchev–Trinajstić information content (AvgIpc) is 2.18. The Morgan fingerprint density at radius 2 is 1.79 bits per heavy atom. The van der Waals surface area contributed by atoms with Gasteiger partial charge in [0.1, 0.15) is 5.75 Å². The van der Waals surface area contributed by atoms with Gasteiger partial charge in [-0.05, 0) is 29.8 Å². The normalized spacial score (nSPS) is 9.50. The van der Waals surface area contributed by atoms with Crippen LogP contribution in [0.2, 0.25) is 0 Å². The van der Waals surface area contributed by atoms with Gasteiger partial charge in [0, 0.05) is 0 Å². The molecule has 0 saturated carbocycles. The van der Waals surface area contributed by atoms with E-state index in [2.05, 4.69) is 24.3 Å². The maximum absolute atomic E-state index is 5.41. The van der Waals surface area contributed by atoms with Crippen LogP contribution >= 0.6 is 0 Å². The molecule has 0 spiro atoms. The minimum absolute atomic E-state index is 0. The number of fused-ring (bicyclic) bond motifs is 1. The maximum Gasteiger partial charge on any atom is 1.00 e. The van der Waals surface area contributed by atoms with Crippen LogP contribution in [0.25, 0.3) is 10.8 Å². The maximum atomic E-state index is 5.41. The summed E-state index contributed by atoms with van der Waals surface area (Å²) in [5.74, 6) is 0.946. The molecular weight excluding hydrogens is 199 g/mol. The molecule has 0 atom stereocenters. The zero-order chi connectivity index (χ0) is 9.10. The standard InChI is InChI=1S/C12H12O.K.H/c1-2-13-12-8-7-10-5-3-4-6-11(10)9-12;;/h3-9H,2H2,1H3;;/q;+1;-1. The molecule has 0 aromatic heterocycles. The molecule has 0 saturated heterocycles. The quantitative estimate of drug-likeness (QED) is 0.653. The van der Waals surface area contributed by atoms with Crippen molar-refractivity contribution in [3.63, 3.8) is 0 Å². The fourth-order valence-corrected chi connectivity index (χ4v) is 1.42. The van der Waals surface area contributed by atoms with E-state index >= 15 is 0 Å². The van der Waals surface area contributed by atoms with Crippen LogP contribution in [0, 0.1) is 0 Å². The van der Waals surface area contributed by atoms with Gasteiger partial charge >= 0.3 is 51.4 Å². The summed E-state index contributed by atoms with van der Waals surface area (Å²) in [6.07, 6.45) is 0. The van der Waals surface area contributed by atoms with Crippen LogP contribution in [-0.2, 0) is 0 Å². The van der Waals surface area contributed by atoms with Crippen molar-refractivity contribution in [1.29, 1.82) is 0 Å². The van der Waals surface area contributed by atoms with Crippen molar-refractivity contribution in [1.82, 2.24) is 0 Å². The summed E-state index contributed by atoms with van der Waals surface area (Å²) in [7, 11) is 0. The number of ether oxygens (including phenoxy) is 1. The molecule has 0 radical (unpaired) electrons. The second-order valence-electron chi connectivity index (χ2n) is 2.94. The second-order valence-corrected chi connectivity index (χ2v) is 2.94. The van der Waals surface area contributed by atoms with E-state index in [1.165, 1.54) is 10.8 Å². The number of benzene rings is 2. The Bertz CT molecular complexity index is 417. The monoisotopic (exact) mass is 212 g/mol. The third-order valence-corrected chi connectivity index (χ3v) is 2.03. The first-order valence-corrected chi connectivity index (χ1v) is 4.52. The Morgan fingerprint density at radius 1 is 1.07 bits per heavy atom. The fraction of sp³-hybridized carbons (Fsp3) is 0.167. The van der Waals surface area contributed by atoms with Crippen LogP contribution in [0.3, 0.4) is 0 Å². The molecule has 1 nitrogen and oxygen atoms in total. The van der Waals surface area contributed by atoms with E-state index < -0.39 is 0 Å². The van der Waals surface area contributed by atoms with Crippen LogP contribution in [0.1, 0.15) is 8.35 Å². The van der Waals surface area contributed by atoms with Crippen LogP contribution in [-0.4, -0.2) is 6.61 Å². The van der Waals surface area contributed by atoms with Crippen LogP contribution in [0.4, 0.5) is 0 Å². The zero-order valence-electron chi connectivity index (χ0n) is 9.66. The number of hydrogen-bond donors (Lipinski definition) is 0. The molecule has 0 unspecified atom stereocenters. The molecule has 14 heavy (non-hydrogen) atoms. The number of hydrogen-bond acceptors (Lipinski definition) is 1. The predicted molar refractivity (Wildman–Crippen MR) is 56.2 cm³/mol. The summed E-state index contributed by atoms with van der Waals surface area (Å²) in [4.78, 5) is 0. The van der Waals surface area contributed by atoms with Gasteiger partial charge in [-0.3, -0.25) is 0 Å². The van der Waals surface area contributed by atoms with Gasteiger partial charge in [-0.15, -0.1) is 0 Å². The van der Waals surface area contributed by atoms with Gasteiger partial charge in [0.15, 0.2) is 0 Å². The molecule has 0 N–H and O–H groups in total. The zero-order valence-corrected chi connectivity index (χ0v) is 11.8. The minimum atomic E-state index is 0. The molecule has 2 aromatic carbocycles. The van der Waals surface area contributed by atoms with Gasteiger partial charge in [-0.2, -0.15) is 0 Å². The first-order chi connectivity index (χ1) is 6.40. The molecule has 0 aliphatic rings. The van der Waals surface area contributed by atoms with Crippen LogP contribution < -0.4 is 56.1 Å². The first kappa shape index (κ1) is 12.2. The Kier molecular flexibility index (Phi) is 5.13. The average molecular weight is 212 g/mol. The van der Waals surface area contributed by atoms with Crippen molar-refractivity contribution >= 4 is 10.8 Å². The smallest absolute Gasteiger partial charge is 1.00 e. The Hall–Kier alpha value is 0.136. The molecule has 0 fully saturated rings. The van der Waals surface area contributed by atoms with Gasteiger partial charge in [0.05, 0.1) is 6.61 Å². The molecular formula is C12H13KO. The molecule has 2 rings (SSSR count). The van der Waals surface area contributed by atoms with E-state index in [0.717, 1.165) is 12.4 Å². The van der Waals surface area contributed by atoms with Crippen molar-refractivity contribution in [2.24, 2.45) is 0 Å². The molecule has 0 bridgehead atoms. The summed E-state index contributed by atoms with van der Waals surface area (Å²) < 4.78 is 5.41. The fourth-order valence-electron chi connectivity index (χ4n) is 1.42. The molecule has 0 heterocycles. The van der Waals surface area contributed by atoms with Crippen molar-refractivity contribution < 1.29 is 57.5 Å². The van der Waals surface area contributed by atoms with E-state index in [1.54, 1.807) is 0 Å². The SMILES string of the molecule is CCOc1ccc2ccccc2c1.[H-].[K+]. The van der Waals surface area contributed by atoms with Crippen molar-refractivity contribution in [2.45, 2.75) is 6.92 Å². The summed E-state index contributed by atoms with van der Waals surface area (Å²) in [6, 6.07) is 14.4. The minimum Gasteiger partial charge on any atom is -1.00 e. The summed E-state index contributed by atoms with van der Waals surface area (Å²) in [5, 5.41) is 2.49. The number of rotatable bonds is 2.